The molecular formula is C18H30N4O2S2. The minimum atomic E-state index is -0.497. The summed E-state index contributed by atoms with van der Waals surface area (Å²) in [5, 5.41) is 14.1. The van der Waals surface area contributed by atoms with Crippen LogP contribution in [0.4, 0.5) is 4.79 Å². The standard InChI is InChI=1S/C18H30N4O2S2/c1-7-14-13(12-19)15(25-6)21-16(26-8-2)22(14)11-9-10-20-17(23)24-18(3,4)5/h14H,7-11H2,1-6H3,(H,20,23). The highest BCUT2D eigenvalue weighted by atomic mass is 32.2. The largest absolute Gasteiger partial charge is 0.444 e. The predicted molar refractivity (Wildman–Crippen MR) is 111 cm³/mol. The van der Waals surface area contributed by atoms with Gasteiger partial charge in [0, 0.05) is 13.1 Å². The Morgan fingerprint density at radius 1 is 1.42 bits per heavy atom. The first-order valence-electron chi connectivity index (χ1n) is 8.90. The molecule has 26 heavy (non-hydrogen) atoms. The van der Waals surface area contributed by atoms with E-state index in [1.165, 1.54) is 11.8 Å². The molecule has 0 aromatic carbocycles. The van der Waals surface area contributed by atoms with E-state index in [9.17, 15) is 10.1 Å². The van der Waals surface area contributed by atoms with Gasteiger partial charge in [0.2, 0.25) is 0 Å². The first-order chi connectivity index (χ1) is 12.3. The maximum absolute atomic E-state index is 11.7. The van der Waals surface area contributed by atoms with Gasteiger partial charge in [-0.3, -0.25) is 0 Å². The summed E-state index contributed by atoms with van der Waals surface area (Å²) < 4.78 is 5.25. The highest BCUT2D eigenvalue weighted by Gasteiger charge is 2.30. The van der Waals surface area contributed by atoms with Crippen LogP contribution in [0, 0.1) is 11.3 Å². The van der Waals surface area contributed by atoms with Crippen LogP contribution in [-0.2, 0) is 4.74 Å². The molecule has 1 rings (SSSR count). The molecule has 0 aromatic heterocycles. The SMILES string of the molecule is CCSC1=NC(SC)=C(C#N)C(CC)N1CCCNC(=O)OC(C)(C)C. The summed E-state index contributed by atoms with van der Waals surface area (Å²) >= 11 is 3.21. The van der Waals surface area contributed by atoms with E-state index in [1.54, 1.807) is 11.8 Å². The molecule has 0 saturated heterocycles. The number of nitrogens with one attached hydrogen (secondary N) is 1. The van der Waals surface area contributed by atoms with E-state index in [1.807, 2.05) is 27.0 Å². The zero-order valence-corrected chi connectivity index (χ0v) is 18.2. The molecule has 0 aromatic rings. The minimum absolute atomic E-state index is 0.0375. The third-order valence-electron chi connectivity index (χ3n) is 3.60. The third-order valence-corrected chi connectivity index (χ3v) is 5.17. The van der Waals surface area contributed by atoms with Crippen LogP contribution in [0.2, 0.25) is 0 Å². The summed E-state index contributed by atoms with van der Waals surface area (Å²) in [6, 6.07) is 2.38. The molecule has 1 aliphatic heterocycles. The third kappa shape index (κ3) is 6.76. The van der Waals surface area contributed by atoms with Crippen LogP contribution < -0.4 is 5.32 Å². The van der Waals surface area contributed by atoms with Gasteiger partial charge in [0.1, 0.15) is 10.6 Å². The molecule has 1 unspecified atom stereocenters. The Bertz CT molecular complexity index is 591. The summed E-state index contributed by atoms with van der Waals surface area (Å²) in [7, 11) is 0. The smallest absolute Gasteiger partial charge is 0.407 e. The Balaban J connectivity index is 2.74. The second-order valence-corrected chi connectivity index (χ2v) is 8.79. The molecule has 1 atom stereocenters. The second-order valence-electron chi connectivity index (χ2n) is 6.76. The van der Waals surface area contributed by atoms with Gasteiger partial charge >= 0.3 is 6.09 Å². The van der Waals surface area contributed by atoms with Crippen LogP contribution in [0.25, 0.3) is 0 Å². The Morgan fingerprint density at radius 2 is 2.12 bits per heavy atom. The first kappa shape index (κ1) is 22.7. The van der Waals surface area contributed by atoms with Gasteiger partial charge in [0.25, 0.3) is 0 Å². The molecule has 0 aliphatic carbocycles. The van der Waals surface area contributed by atoms with Crippen molar-refractivity contribution in [1.29, 1.82) is 5.26 Å². The highest BCUT2D eigenvalue weighted by Crippen LogP contribution is 2.32. The average molecular weight is 399 g/mol. The fraction of sp³-hybridized carbons (Fsp3) is 0.722. The molecule has 8 heteroatoms. The van der Waals surface area contributed by atoms with Gasteiger partial charge in [-0.25, -0.2) is 9.79 Å². The number of nitriles is 1. The number of alkyl carbamates (subject to hydrolysis) is 1. The molecule has 6 nitrogen and oxygen atoms in total. The minimum Gasteiger partial charge on any atom is -0.444 e. The lowest BCUT2D eigenvalue weighted by Crippen LogP contribution is -2.44. The van der Waals surface area contributed by atoms with Gasteiger partial charge < -0.3 is 15.0 Å². The normalized spacial score (nSPS) is 17.7. The van der Waals surface area contributed by atoms with Crippen molar-refractivity contribution in [2.24, 2.45) is 4.99 Å². The van der Waals surface area contributed by atoms with E-state index >= 15 is 0 Å². The molecule has 1 N–H and O–H groups in total. The van der Waals surface area contributed by atoms with E-state index in [0.717, 1.165) is 40.9 Å². The fourth-order valence-electron chi connectivity index (χ4n) is 2.60. The van der Waals surface area contributed by atoms with E-state index < -0.39 is 11.7 Å². The summed E-state index contributed by atoms with van der Waals surface area (Å²) in [4.78, 5) is 18.6. The Kier molecular flexibility index (Phi) is 9.37. The van der Waals surface area contributed by atoms with Gasteiger partial charge in [-0.2, -0.15) is 5.26 Å². The Labute approximate surface area is 165 Å². The van der Waals surface area contributed by atoms with Crippen molar-refractivity contribution in [3.05, 3.63) is 10.6 Å². The van der Waals surface area contributed by atoms with Crippen molar-refractivity contribution in [2.45, 2.75) is 59.1 Å². The lowest BCUT2D eigenvalue weighted by molar-refractivity contribution is 0.0526. The van der Waals surface area contributed by atoms with Crippen LogP contribution in [0.15, 0.2) is 15.6 Å². The predicted octanol–water partition coefficient (Wildman–Crippen LogP) is 4.20. The fourth-order valence-corrected chi connectivity index (χ4v) is 4.03. The molecular weight excluding hydrogens is 368 g/mol. The number of amides is 1. The van der Waals surface area contributed by atoms with E-state index in [2.05, 4.69) is 30.1 Å². The number of carbonyl (C=O) groups is 1. The van der Waals surface area contributed by atoms with Crippen molar-refractivity contribution < 1.29 is 9.53 Å². The van der Waals surface area contributed by atoms with Crippen LogP contribution in [-0.4, -0.2) is 52.9 Å². The number of ether oxygens (including phenoxy) is 1. The van der Waals surface area contributed by atoms with Crippen LogP contribution in [0.3, 0.4) is 0 Å². The van der Waals surface area contributed by atoms with E-state index in [4.69, 9.17) is 9.73 Å². The molecule has 0 bridgehead atoms. The van der Waals surface area contributed by atoms with Gasteiger partial charge in [-0.05, 0) is 45.6 Å². The lowest BCUT2D eigenvalue weighted by Gasteiger charge is -2.36. The zero-order valence-electron chi connectivity index (χ0n) is 16.6. The molecule has 0 fully saturated rings. The van der Waals surface area contributed by atoms with Crippen LogP contribution in [0.5, 0.6) is 0 Å². The Morgan fingerprint density at radius 3 is 2.62 bits per heavy atom. The van der Waals surface area contributed by atoms with E-state index in [-0.39, 0.29) is 6.04 Å². The molecule has 0 saturated carbocycles. The summed E-state index contributed by atoms with van der Waals surface area (Å²) in [5.74, 6) is 0.922. The number of amidine groups is 1. The quantitative estimate of drug-likeness (QED) is 0.648. The van der Waals surface area contributed by atoms with Gasteiger partial charge in [0.05, 0.1) is 17.7 Å². The number of rotatable bonds is 7. The van der Waals surface area contributed by atoms with E-state index in [0.29, 0.717) is 6.54 Å². The Hall–Kier alpha value is -1.33. The summed E-state index contributed by atoms with van der Waals surface area (Å²) in [5.41, 5.74) is 0.239. The lowest BCUT2D eigenvalue weighted by atomic mass is 10.0. The van der Waals surface area contributed by atoms with Crippen molar-refractivity contribution in [2.75, 3.05) is 25.1 Å². The summed E-state index contributed by atoms with van der Waals surface area (Å²) in [6.45, 7) is 11.0. The first-order valence-corrected chi connectivity index (χ1v) is 11.1. The van der Waals surface area contributed by atoms with Crippen LogP contribution >= 0.6 is 23.5 Å². The van der Waals surface area contributed by atoms with Crippen molar-refractivity contribution in [1.82, 2.24) is 10.2 Å². The zero-order chi connectivity index (χ0) is 19.7. The summed E-state index contributed by atoms with van der Waals surface area (Å²) in [6.07, 6.45) is 3.15. The molecule has 1 amide bonds. The number of hydrogen-bond donors (Lipinski definition) is 1. The van der Waals surface area contributed by atoms with Gasteiger partial charge in [0.15, 0.2) is 5.17 Å². The molecule has 146 valence electrons. The monoisotopic (exact) mass is 398 g/mol. The van der Waals surface area contributed by atoms with Gasteiger partial charge in [-0.15, -0.1) is 11.8 Å². The molecule has 0 spiro atoms. The number of thioether (sulfide) groups is 2. The number of aliphatic imine (C=N–C) groups is 1. The van der Waals surface area contributed by atoms with Crippen molar-refractivity contribution in [3.63, 3.8) is 0 Å². The second kappa shape index (κ2) is 10.7. The number of hydrogen-bond acceptors (Lipinski definition) is 7. The van der Waals surface area contributed by atoms with Crippen LogP contribution in [0.1, 0.15) is 47.5 Å². The topological polar surface area (TPSA) is 77.7 Å². The van der Waals surface area contributed by atoms with Crippen molar-refractivity contribution in [3.8, 4) is 6.07 Å². The maximum atomic E-state index is 11.7. The molecule has 1 heterocycles. The molecule has 1 aliphatic rings. The number of nitrogens with zero attached hydrogens (tertiary/aromatic N) is 3. The molecule has 0 radical (unpaired) electrons. The van der Waals surface area contributed by atoms with Gasteiger partial charge in [-0.1, -0.05) is 25.6 Å². The maximum Gasteiger partial charge on any atom is 0.407 e. The average Bonchev–Trinajstić information content (AvgIpc) is 2.57. The highest BCUT2D eigenvalue weighted by molar-refractivity contribution is 8.13. The van der Waals surface area contributed by atoms with Crippen molar-refractivity contribution >= 4 is 34.8 Å². The number of carbonyl (C=O) groups excluding carboxylic acids is 1.